The molecule has 1 aliphatic carbocycles. The summed E-state index contributed by atoms with van der Waals surface area (Å²) in [4.78, 5) is 27.8. The molecule has 0 spiro atoms. The molecule has 0 atom stereocenters. The van der Waals surface area contributed by atoms with Crippen LogP contribution in [0.25, 0.3) is 0 Å². The van der Waals surface area contributed by atoms with Crippen LogP contribution < -0.4 is 4.72 Å². The highest BCUT2D eigenvalue weighted by atomic mass is 35.5. The number of rotatable bonds is 5. The van der Waals surface area contributed by atoms with Crippen LogP contribution in [0, 0.1) is 0 Å². The molecule has 2 aromatic carbocycles. The molecule has 2 aliphatic rings. The second kappa shape index (κ2) is 9.02. The molecule has 0 saturated heterocycles. The van der Waals surface area contributed by atoms with Crippen LogP contribution in [-0.2, 0) is 20.2 Å². The summed E-state index contributed by atoms with van der Waals surface area (Å²) in [6.45, 7) is 6.10. The van der Waals surface area contributed by atoms with Gasteiger partial charge in [0.05, 0.1) is 39.5 Å². The monoisotopic (exact) mass is 512 g/mol. The number of fused-ring (bicyclic) bond motifs is 1. The van der Waals surface area contributed by atoms with E-state index in [1.807, 2.05) is 26.8 Å². The number of imide groups is 1. The van der Waals surface area contributed by atoms with E-state index in [0.717, 1.165) is 10.5 Å². The minimum absolute atomic E-state index is 0.0274. The van der Waals surface area contributed by atoms with Crippen molar-refractivity contribution >= 4 is 39.1 Å². The maximum atomic E-state index is 13.5. The van der Waals surface area contributed by atoms with Gasteiger partial charge in [0.25, 0.3) is 21.8 Å². The number of benzene rings is 2. The van der Waals surface area contributed by atoms with Gasteiger partial charge in [-0.05, 0) is 47.7 Å². The van der Waals surface area contributed by atoms with Gasteiger partial charge in [0.15, 0.2) is 0 Å². The first-order valence-electron chi connectivity index (χ1n) is 10.9. The number of carbonyl (C=O) groups excluding carboxylic acids is 2. The van der Waals surface area contributed by atoms with E-state index < -0.39 is 21.8 Å². The van der Waals surface area contributed by atoms with Crippen molar-refractivity contribution in [2.45, 2.75) is 37.5 Å². The predicted molar refractivity (Wildman–Crippen MR) is 135 cm³/mol. The van der Waals surface area contributed by atoms with Crippen molar-refractivity contribution in [3.63, 3.8) is 0 Å². The van der Waals surface area contributed by atoms with Gasteiger partial charge in [-0.2, -0.15) is 0 Å². The quantitative estimate of drug-likeness (QED) is 0.541. The fraction of sp³-hybridized carbons (Fsp3) is 0.231. The Bertz CT molecular complexity index is 1410. The number of methoxy groups -OCH3 is 1. The summed E-state index contributed by atoms with van der Waals surface area (Å²) in [6, 6.07) is 9.30. The highest BCUT2D eigenvalue weighted by Crippen LogP contribution is 2.39. The largest absolute Gasteiger partial charge is 0.495 e. The summed E-state index contributed by atoms with van der Waals surface area (Å²) < 4.78 is 34.2. The molecule has 0 radical (unpaired) electrons. The molecule has 2 aromatic rings. The molecule has 9 heteroatoms. The van der Waals surface area contributed by atoms with E-state index in [2.05, 4.69) is 4.72 Å². The van der Waals surface area contributed by atoms with E-state index in [1.165, 1.54) is 31.4 Å². The molecule has 0 unspecified atom stereocenters. The number of halogens is 1. The van der Waals surface area contributed by atoms with Gasteiger partial charge < -0.3 is 4.74 Å². The molecule has 1 heterocycles. The predicted octanol–water partition coefficient (Wildman–Crippen LogP) is 5.41. The first-order valence-corrected chi connectivity index (χ1v) is 12.8. The van der Waals surface area contributed by atoms with Crippen LogP contribution in [0.5, 0.6) is 0 Å². The Kier molecular flexibility index (Phi) is 6.38. The third-order valence-electron chi connectivity index (χ3n) is 5.81. The van der Waals surface area contributed by atoms with Crippen LogP contribution in [0.2, 0.25) is 5.02 Å². The zero-order valence-electron chi connectivity index (χ0n) is 19.8. The molecule has 0 fully saturated rings. The third kappa shape index (κ3) is 4.51. The molecule has 1 N–H and O–H groups in total. The number of hydrogen-bond acceptors (Lipinski definition) is 5. The summed E-state index contributed by atoms with van der Waals surface area (Å²) in [7, 11) is -2.61. The SMILES string of the molecule is COC1=CC=CCC=C1N1C(=O)c2c(Cl)ccc(NS(=O)(=O)c3ccc(C(C)(C)C)cc3)c2C1=O. The minimum Gasteiger partial charge on any atom is -0.495 e. The number of allylic oxidation sites excluding steroid dienone is 4. The summed E-state index contributed by atoms with van der Waals surface area (Å²) in [5.74, 6) is -1.02. The van der Waals surface area contributed by atoms with Crippen molar-refractivity contribution in [1.29, 1.82) is 0 Å². The average Bonchev–Trinajstić information content (AvgIpc) is 2.93. The molecule has 0 aromatic heterocycles. The van der Waals surface area contributed by atoms with Crippen LogP contribution in [0.3, 0.4) is 0 Å². The lowest BCUT2D eigenvalue weighted by molar-refractivity contribution is 0.0694. The zero-order chi connectivity index (χ0) is 25.5. The second-order valence-electron chi connectivity index (χ2n) is 9.16. The lowest BCUT2D eigenvalue weighted by atomic mass is 9.87. The zero-order valence-corrected chi connectivity index (χ0v) is 21.3. The third-order valence-corrected chi connectivity index (χ3v) is 7.50. The smallest absolute Gasteiger partial charge is 0.268 e. The molecule has 35 heavy (non-hydrogen) atoms. The molecular weight excluding hydrogens is 488 g/mol. The number of carbonyl (C=O) groups is 2. The Labute approximate surface area is 209 Å². The summed E-state index contributed by atoms with van der Waals surface area (Å²) in [5.41, 5.74) is 0.917. The summed E-state index contributed by atoms with van der Waals surface area (Å²) in [6.07, 6.45) is 7.42. The normalized spacial score (nSPS) is 16.0. The van der Waals surface area contributed by atoms with E-state index in [4.69, 9.17) is 16.3 Å². The van der Waals surface area contributed by atoms with Crippen molar-refractivity contribution in [1.82, 2.24) is 4.90 Å². The van der Waals surface area contributed by atoms with Gasteiger partial charge in [0.1, 0.15) is 5.76 Å². The van der Waals surface area contributed by atoms with E-state index in [9.17, 15) is 18.0 Å². The maximum absolute atomic E-state index is 13.5. The first-order chi connectivity index (χ1) is 16.5. The van der Waals surface area contributed by atoms with E-state index in [1.54, 1.807) is 30.4 Å². The van der Waals surface area contributed by atoms with E-state index in [-0.39, 0.29) is 37.8 Å². The van der Waals surface area contributed by atoms with Gasteiger partial charge in [-0.3, -0.25) is 14.3 Å². The van der Waals surface area contributed by atoms with Crippen molar-refractivity contribution in [3.8, 4) is 0 Å². The van der Waals surface area contributed by atoms with Crippen LogP contribution in [-0.4, -0.2) is 32.2 Å². The maximum Gasteiger partial charge on any atom is 0.268 e. The minimum atomic E-state index is -4.05. The average molecular weight is 513 g/mol. The highest BCUT2D eigenvalue weighted by molar-refractivity contribution is 7.92. The Morgan fingerprint density at radius 1 is 1.00 bits per heavy atom. The summed E-state index contributed by atoms with van der Waals surface area (Å²) in [5, 5.41) is 0.0496. The molecule has 0 saturated carbocycles. The molecule has 1 aliphatic heterocycles. The molecule has 7 nitrogen and oxygen atoms in total. The number of hydrogen-bond donors (Lipinski definition) is 1. The van der Waals surface area contributed by atoms with Gasteiger partial charge >= 0.3 is 0 Å². The fourth-order valence-corrected chi connectivity index (χ4v) is 5.25. The Hall–Kier alpha value is -3.36. The van der Waals surface area contributed by atoms with Gasteiger partial charge in [-0.15, -0.1) is 0 Å². The molecule has 182 valence electrons. The van der Waals surface area contributed by atoms with Crippen LogP contribution >= 0.6 is 11.6 Å². The highest BCUT2D eigenvalue weighted by Gasteiger charge is 2.43. The van der Waals surface area contributed by atoms with Crippen LogP contribution in [0.1, 0.15) is 53.5 Å². The number of ether oxygens (including phenoxy) is 1. The summed E-state index contributed by atoms with van der Waals surface area (Å²) >= 11 is 6.30. The van der Waals surface area contributed by atoms with Crippen molar-refractivity contribution < 1.29 is 22.7 Å². The Morgan fingerprint density at radius 3 is 2.29 bits per heavy atom. The topological polar surface area (TPSA) is 92.8 Å². The lowest BCUT2D eigenvalue weighted by Crippen LogP contribution is -2.30. The van der Waals surface area contributed by atoms with Gasteiger partial charge in [0, 0.05) is 0 Å². The molecule has 4 rings (SSSR count). The van der Waals surface area contributed by atoms with Gasteiger partial charge in [-0.1, -0.05) is 62.7 Å². The second-order valence-corrected chi connectivity index (χ2v) is 11.2. The molecular formula is C26H25ClN2O5S. The number of amides is 2. The van der Waals surface area contributed by atoms with Crippen molar-refractivity contribution in [2.75, 3.05) is 11.8 Å². The van der Waals surface area contributed by atoms with Crippen LogP contribution in [0.4, 0.5) is 5.69 Å². The number of anilines is 1. The Balaban J connectivity index is 1.74. The number of nitrogens with one attached hydrogen (secondary N) is 1. The van der Waals surface area contributed by atoms with Crippen LogP contribution in [0.15, 0.2) is 77.1 Å². The van der Waals surface area contributed by atoms with Crippen molar-refractivity contribution in [3.05, 3.63) is 93.9 Å². The van der Waals surface area contributed by atoms with Crippen molar-refractivity contribution in [2.24, 2.45) is 0 Å². The van der Waals surface area contributed by atoms with Gasteiger partial charge in [-0.25, -0.2) is 13.3 Å². The number of sulfonamides is 1. The standard InChI is InChI=1S/C26H25ClN2O5S/c1-26(2,3)16-10-12-17(13-11-16)35(32,33)28-19-15-14-18(27)22-23(19)25(31)29(24(22)30)20-8-6-5-7-9-21(20)34-4/h5,7-15,28H,6H2,1-4H3. The molecule has 2 amide bonds. The first kappa shape index (κ1) is 24.8. The molecule has 0 bridgehead atoms. The number of nitrogens with zero attached hydrogens (tertiary/aromatic N) is 1. The lowest BCUT2D eigenvalue weighted by Gasteiger charge is -2.20. The Morgan fingerprint density at radius 2 is 1.66 bits per heavy atom. The van der Waals surface area contributed by atoms with E-state index in [0.29, 0.717) is 12.2 Å². The van der Waals surface area contributed by atoms with E-state index >= 15 is 0 Å². The fourth-order valence-electron chi connectivity index (χ4n) is 3.94. The van der Waals surface area contributed by atoms with Gasteiger partial charge in [0.2, 0.25) is 0 Å².